The predicted octanol–water partition coefficient (Wildman–Crippen LogP) is 2.57. The van der Waals surface area contributed by atoms with Gasteiger partial charge in [0.25, 0.3) is 5.56 Å². The van der Waals surface area contributed by atoms with E-state index < -0.39 is 5.82 Å². The number of aromatic nitrogens is 4. The molecule has 2 N–H and O–H groups in total. The molecule has 0 radical (unpaired) electrons. The SMILES string of the molecule is N#CCN1CC[C@H](Cn2c(=O)cnc3cnc4cc(F)c(-c5ccc(N)nc5)cc4c32)C1. The van der Waals surface area contributed by atoms with Gasteiger partial charge in [-0.1, -0.05) is 0 Å². The highest BCUT2D eigenvalue weighted by atomic mass is 19.1. The van der Waals surface area contributed by atoms with Gasteiger partial charge in [0.2, 0.25) is 0 Å². The molecular weight excluding hydrogens is 409 g/mol. The Kier molecular flexibility index (Phi) is 4.99. The quantitative estimate of drug-likeness (QED) is 0.392. The lowest BCUT2D eigenvalue weighted by Gasteiger charge is -2.17. The molecule has 32 heavy (non-hydrogen) atoms. The van der Waals surface area contributed by atoms with Crippen LogP contribution in [0.1, 0.15) is 6.42 Å². The van der Waals surface area contributed by atoms with Crippen molar-refractivity contribution < 1.29 is 4.39 Å². The van der Waals surface area contributed by atoms with Gasteiger partial charge in [0.15, 0.2) is 0 Å². The van der Waals surface area contributed by atoms with Crippen LogP contribution in [0.25, 0.3) is 33.1 Å². The Morgan fingerprint density at radius 3 is 2.78 bits per heavy atom. The highest BCUT2D eigenvalue weighted by Crippen LogP contribution is 2.31. The molecule has 1 aromatic carbocycles. The third-order valence-electron chi connectivity index (χ3n) is 5.96. The van der Waals surface area contributed by atoms with Gasteiger partial charge in [0, 0.05) is 41.9 Å². The third kappa shape index (κ3) is 3.55. The second-order valence-electron chi connectivity index (χ2n) is 8.07. The van der Waals surface area contributed by atoms with Crippen molar-refractivity contribution in [2.45, 2.75) is 13.0 Å². The third-order valence-corrected chi connectivity index (χ3v) is 5.96. The summed E-state index contributed by atoms with van der Waals surface area (Å²) in [6, 6.07) is 8.57. The molecule has 1 aliphatic heterocycles. The first kappa shape index (κ1) is 20.0. The maximum Gasteiger partial charge on any atom is 0.269 e. The molecule has 1 fully saturated rings. The van der Waals surface area contributed by atoms with Crippen LogP contribution in [-0.4, -0.2) is 44.1 Å². The number of hydrogen-bond acceptors (Lipinski definition) is 7. The van der Waals surface area contributed by atoms with Crippen LogP contribution in [-0.2, 0) is 6.54 Å². The summed E-state index contributed by atoms with van der Waals surface area (Å²) in [5.41, 5.74) is 8.02. The van der Waals surface area contributed by atoms with E-state index in [2.05, 4.69) is 25.9 Å². The summed E-state index contributed by atoms with van der Waals surface area (Å²) in [5.74, 6) is 0.148. The maximum absolute atomic E-state index is 14.9. The topological polar surface area (TPSA) is 114 Å². The van der Waals surface area contributed by atoms with Crippen LogP contribution in [0.3, 0.4) is 0 Å². The van der Waals surface area contributed by atoms with E-state index in [0.717, 1.165) is 19.5 Å². The van der Waals surface area contributed by atoms with Crippen LogP contribution in [0.15, 0.2) is 47.7 Å². The summed E-state index contributed by atoms with van der Waals surface area (Å²) >= 11 is 0. The van der Waals surface area contributed by atoms with Crippen molar-refractivity contribution in [3.05, 3.63) is 59.0 Å². The largest absolute Gasteiger partial charge is 0.384 e. The van der Waals surface area contributed by atoms with Gasteiger partial charge in [-0.2, -0.15) is 5.26 Å². The highest BCUT2D eigenvalue weighted by molar-refractivity contribution is 6.03. The van der Waals surface area contributed by atoms with E-state index in [4.69, 9.17) is 11.0 Å². The lowest BCUT2D eigenvalue weighted by Crippen LogP contribution is -2.27. The number of nitrogen functional groups attached to an aromatic ring is 1. The van der Waals surface area contributed by atoms with Crippen LogP contribution >= 0.6 is 0 Å². The standard InChI is InChI=1S/C23H20FN7O/c24-18-8-19-17(7-16(18)15-1-2-21(26)29-9-15)23-20(10-27-19)28-11-22(32)31(23)13-14-3-5-30(12-14)6-4-25/h1-2,7-11,14H,3,5-6,12-13H2,(H2,26,29)/t14-/m0/s1. The minimum atomic E-state index is -0.434. The van der Waals surface area contributed by atoms with E-state index in [1.54, 1.807) is 29.0 Å². The average molecular weight is 429 g/mol. The normalized spacial score (nSPS) is 16.6. The Morgan fingerprint density at radius 2 is 2.00 bits per heavy atom. The number of anilines is 1. The fourth-order valence-corrected chi connectivity index (χ4v) is 4.40. The Hall–Kier alpha value is -3.90. The van der Waals surface area contributed by atoms with Crippen molar-refractivity contribution in [2.75, 3.05) is 25.4 Å². The zero-order valence-electron chi connectivity index (χ0n) is 17.2. The lowest BCUT2D eigenvalue weighted by molar-refractivity contribution is 0.351. The van der Waals surface area contributed by atoms with E-state index in [-0.39, 0.29) is 11.5 Å². The van der Waals surface area contributed by atoms with Crippen molar-refractivity contribution >= 4 is 27.8 Å². The number of benzene rings is 1. The number of pyridine rings is 2. The van der Waals surface area contributed by atoms with E-state index in [1.165, 1.54) is 18.5 Å². The van der Waals surface area contributed by atoms with Crippen LogP contribution in [0, 0.1) is 23.1 Å². The number of likely N-dealkylation sites (tertiary alicyclic amines) is 1. The van der Waals surface area contributed by atoms with Crippen LogP contribution in [0.5, 0.6) is 0 Å². The van der Waals surface area contributed by atoms with E-state index in [1.807, 2.05) is 0 Å². The number of rotatable bonds is 4. The molecule has 3 aromatic heterocycles. The average Bonchev–Trinajstić information content (AvgIpc) is 3.23. The first-order chi connectivity index (χ1) is 15.5. The molecule has 8 nitrogen and oxygen atoms in total. The summed E-state index contributed by atoms with van der Waals surface area (Å²) in [6.07, 6.45) is 5.28. The van der Waals surface area contributed by atoms with Crippen LogP contribution in [0.4, 0.5) is 10.2 Å². The Morgan fingerprint density at radius 1 is 1.16 bits per heavy atom. The van der Waals surface area contributed by atoms with E-state index in [9.17, 15) is 9.18 Å². The molecular formula is C23H20FN7O. The molecule has 0 aliphatic carbocycles. The monoisotopic (exact) mass is 429 g/mol. The van der Waals surface area contributed by atoms with Crippen LogP contribution in [0.2, 0.25) is 0 Å². The minimum absolute atomic E-state index is 0.219. The highest BCUT2D eigenvalue weighted by Gasteiger charge is 2.24. The zero-order valence-corrected chi connectivity index (χ0v) is 17.2. The Balaban J connectivity index is 1.67. The molecule has 0 amide bonds. The molecule has 0 spiro atoms. The van der Waals surface area contributed by atoms with E-state index in [0.29, 0.717) is 52.0 Å². The lowest BCUT2D eigenvalue weighted by atomic mass is 10.0. The van der Waals surface area contributed by atoms with Gasteiger partial charge in [-0.3, -0.25) is 14.7 Å². The fourth-order valence-electron chi connectivity index (χ4n) is 4.40. The van der Waals surface area contributed by atoms with Gasteiger partial charge in [0.1, 0.15) is 17.2 Å². The summed E-state index contributed by atoms with van der Waals surface area (Å²) in [5, 5.41) is 9.61. The Bertz CT molecular complexity index is 1430. The molecule has 0 saturated carbocycles. The number of halogens is 1. The van der Waals surface area contributed by atoms with Gasteiger partial charge in [0.05, 0.1) is 36.0 Å². The predicted molar refractivity (Wildman–Crippen MR) is 119 cm³/mol. The van der Waals surface area contributed by atoms with Gasteiger partial charge in [-0.25, -0.2) is 14.4 Å². The number of nitrogens with zero attached hydrogens (tertiary/aromatic N) is 6. The summed E-state index contributed by atoms with van der Waals surface area (Å²) in [4.78, 5) is 27.6. The number of nitrogens with two attached hydrogens (primary N) is 1. The van der Waals surface area contributed by atoms with Gasteiger partial charge in [-0.05, 0) is 37.1 Å². The first-order valence-corrected chi connectivity index (χ1v) is 10.3. The van der Waals surface area contributed by atoms with E-state index >= 15 is 0 Å². The second kappa shape index (κ2) is 7.98. The van der Waals surface area contributed by atoms with Gasteiger partial charge in [-0.15, -0.1) is 0 Å². The molecule has 0 bridgehead atoms. The molecule has 0 unspecified atom stereocenters. The minimum Gasteiger partial charge on any atom is -0.384 e. The number of hydrogen-bond donors (Lipinski definition) is 1. The van der Waals surface area contributed by atoms with Crippen molar-refractivity contribution in [2.24, 2.45) is 5.92 Å². The number of fused-ring (bicyclic) bond motifs is 3. The second-order valence-corrected chi connectivity index (χ2v) is 8.07. The van der Waals surface area contributed by atoms with Gasteiger partial charge < -0.3 is 10.3 Å². The summed E-state index contributed by atoms with van der Waals surface area (Å²) < 4.78 is 16.6. The molecule has 9 heteroatoms. The summed E-state index contributed by atoms with van der Waals surface area (Å²) in [7, 11) is 0. The summed E-state index contributed by atoms with van der Waals surface area (Å²) in [6.45, 7) is 2.46. The smallest absolute Gasteiger partial charge is 0.269 e. The van der Waals surface area contributed by atoms with Gasteiger partial charge >= 0.3 is 0 Å². The van der Waals surface area contributed by atoms with Crippen molar-refractivity contribution in [1.82, 2.24) is 24.4 Å². The first-order valence-electron chi connectivity index (χ1n) is 10.3. The van der Waals surface area contributed by atoms with Crippen LogP contribution < -0.4 is 11.3 Å². The zero-order chi connectivity index (χ0) is 22.2. The molecule has 5 rings (SSSR count). The molecule has 4 aromatic rings. The molecule has 1 saturated heterocycles. The van der Waals surface area contributed by atoms with Crippen molar-refractivity contribution in [3.63, 3.8) is 0 Å². The Labute approximate surface area is 182 Å². The number of nitriles is 1. The van der Waals surface area contributed by atoms with Crippen molar-refractivity contribution in [1.29, 1.82) is 5.26 Å². The van der Waals surface area contributed by atoms with Crippen molar-refractivity contribution in [3.8, 4) is 17.2 Å². The molecule has 160 valence electrons. The maximum atomic E-state index is 14.9. The molecule has 1 atom stereocenters. The molecule has 4 heterocycles. The molecule has 1 aliphatic rings. The fraction of sp³-hybridized carbons (Fsp3) is 0.261.